The molecule has 1 saturated carbocycles. The first-order valence-corrected chi connectivity index (χ1v) is 5.81. The van der Waals surface area contributed by atoms with E-state index < -0.39 is 0 Å². The Bertz CT molecular complexity index is 282. The van der Waals surface area contributed by atoms with Gasteiger partial charge in [0.1, 0.15) is 0 Å². The molecule has 0 bridgehead atoms. The van der Waals surface area contributed by atoms with Crippen LogP contribution in [0.2, 0.25) is 0 Å². The van der Waals surface area contributed by atoms with Crippen molar-refractivity contribution in [1.82, 2.24) is 0 Å². The van der Waals surface area contributed by atoms with Gasteiger partial charge in [0.05, 0.1) is 0 Å². The smallest absolute Gasteiger partial charge is 0.0447 e. The lowest BCUT2D eigenvalue weighted by atomic mass is 10.2. The van der Waals surface area contributed by atoms with Crippen molar-refractivity contribution >= 4 is 5.69 Å². The van der Waals surface area contributed by atoms with Gasteiger partial charge in [-0.25, -0.2) is 0 Å². The number of nitrogens with zero attached hydrogens (tertiary/aromatic N) is 1. The Balaban J connectivity index is 1.96. The highest BCUT2D eigenvalue weighted by atomic mass is 16.3. The van der Waals surface area contributed by atoms with Gasteiger partial charge in [0.25, 0.3) is 0 Å². The number of rotatable bonds is 6. The van der Waals surface area contributed by atoms with Crippen molar-refractivity contribution in [2.24, 2.45) is 5.92 Å². The highest BCUT2D eigenvalue weighted by Gasteiger charge is 2.24. The third-order valence-corrected chi connectivity index (χ3v) is 2.88. The summed E-state index contributed by atoms with van der Waals surface area (Å²) in [4.78, 5) is 2.40. The molecule has 15 heavy (non-hydrogen) atoms. The first kappa shape index (κ1) is 10.5. The maximum absolute atomic E-state index is 8.89. The summed E-state index contributed by atoms with van der Waals surface area (Å²) < 4.78 is 0. The molecule has 0 amide bonds. The molecule has 0 aromatic heterocycles. The van der Waals surface area contributed by atoms with Gasteiger partial charge in [-0.1, -0.05) is 18.2 Å². The number of anilines is 1. The minimum Gasteiger partial charge on any atom is -0.396 e. The predicted octanol–water partition coefficient (Wildman–Crippen LogP) is 2.29. The van der Waals surface area contributed by atoms with E-state index in [4.69, 9.17) is 5.11 Å². The van der Waals surface area contributed by atoms with Crippen molar-refractivity contribution in [3.63, 3.8) is 0 Å². The molecule has 0 saturated heterocycles. The number of para-hydroxylation sites is 1. The third-order valence-electron chi connectivity index (χ3n) is 2.88. The normalized spacial score (nSPS) is 15.3. The Labute approximate surface area is 91.5 Å². The van der Waals surface area contributed by atoms with Crippen molar-refractivity contribution < 1.29 is 5.11 Å². The van der Waals surface area contributed by atoms with E-state index in [9.17, 15) is 0 Å². The van der Waals surface area contributed by atoms with Crippen molar-refractivity contribution in [2.75, 3.05) is 24.6 Å². The first-order chi connectivity index (χ1) is 7.40. The van der Waals surface area contributed by atoms with Gasteiger partial charge in [-0.3, -0.25) is 0 Å². The molecule has 82 valence electrons. The molecule has 0 aliphatic heterocycles. The minimum absolute atomic E-state index is 0.286. The fourth-order valence-corrected chi connectivity index (χ4v) is 1.84. The second-order valence-electron chi connectivity index (χ2n) is 4.30. The zero-order valence-electron chi connectivity index (χ0n) is 9.10. The van der Waals surface area contributed by atoms with Crippen LogP contribution in [-0.2, 0) is 0 Å². The van der Waals surface area contributed by atoms with Crippen LogP contribution in [0.15, 0.2) is 30.3 Å². The quantitative estimate of drug-likeness (QED) is 0.770. The topological polar surface area (TPSA) is 23.5 Å². The molecule has 0 spiro atoms. The van der Waals surface area contributed by atoms with E-state index in [-0.39, 0.29) is 6.61 Å². The van der Waals surface area contributed by atoms with Gasteiger partial charge in [0.15, 0.2) is 0 Å². The van der Waals surface area contributed by atoms with Crippen LogP contribution < -0.4 is 4.90 Å². The van der Waals surface area contributed by atoms with Crippen LogP contribution in [0.3, 0.4) is 0 Å². The molecule has 1 fully saturated rings. The average molecular weight is 205 g/mol. The van der Waals surface area contributed by atoms with Gasteiger partial charge in [0.2, 0.25) is 0 Å². The van der Waals surface area contributed by atoms with Crippen LogP contribution >= 0.6 is 0 Å². The van der Waals surface area contributed by atoms with Crippen molar-refractivity contribution in [3.8, 4) is 0 Å². The summed E-state index contributed by atoms with van der Waals surface area (Å²) in [5, 5.41) is 8.89. The van der Waals surface area contributed by atoms with E-state index in [1.807, 2.05) is 6.07 Å². The predicted molar refractivity (Wildman–Crippen MR) is 63.1 cm³/mol. The maximum Gasteiger partial charge on any atom is 0.0447 e. The molecule has 0 radical (unpaired) electrons. The van der Waals surface area contributed by atoms with Gasteiger partial charge in [-0.05, 0) is 37.3 Å². The lowest BCUT2D eigenvalue weighted by molar-refractivity contribution is 0.289. The van der Waals surface area contributed by atoms with E-state index in [1.165, 1.54) is 18.5 Å². The van der Waals surface area contributed by atoms with E-state index in [0.29, 0.717) is 0 Å². The molecular weight excluding hydrogens is 186 g/mol. The molecule has 2 heteroatoms. The Morgan fingerprint density at radius 1 is 1.20 bits per heavy atom. The molecule has 1 aromatic carbocycles. The largest absolute Gasteiger partial charge is 0.396 e. The number of hydrogen-bond acceptors (Lipinski definition) is 2. The van der Waals surface area contributed by atoms with Crippen molar-refractivity contribution in [3.05, 3.63) is 30.3 Å². The van der Waals surface area contributed by atoms with E-state index in [1.54, 1.807) is 0 Å². The third kappa shape index (κ3) is 3.24. The Hall–Kier alpha value is -1.02. The van der Waals surface area contributed by atoms with Crippen LogP contribution in [0.4, 0.5) is 5.69 Å². The van der Waals surface area contributed by atoms with Gasteiger partial charge >= 0.3 is 0 Å². The average Bonchev–Trinajstić information content (AvgIpc) is 3.09. The molecule has 0 unspecified atom stereocenters. The molecule has 1 aliphatic carbocycles. The highest BCUT2D eigenvalue weighted by Crippen LogP contribution is 2.31. The second kappa shape index (κ2) is 5.17. The van der Waals surface area contributed by atoms with Crippen LogP contribution in [-0.4, -0.2) is 24.8 Å². The van der Waals surface area contributed by atoms with E-state index in [2.05, 4.69) is 29.2 Å². The monoisotopic (exact) mass is 205 g/mol. The summed E-state index contributed by atoms with van der Waals surface area (Å²) in [7, 11) is 0. The van der Waals surface area contributed by atoms with Crippen molar-refractivity contribution in [2.45, 2.75) is 19.3 Å². The summed E-state index contributed by atoms with van der Waals surface area (Å²) in [5.41, 5.74) is 1.29. The molecule has 1 aromatic rings. The minimum atomic E-state index is 0.286. The summed E-state index contributed by atoms with van der Waals surface area (Å²) in [6, 6.07) is 10.5. The zero-order valence-corrected chi connectivity index (χ0v) is 9.10. The SMILES string of the molecule is OCCCN(CC1CC1)c1ccccc1. The van der Waals surface area contributed by atoms with Gasteiger partial charge < -0.3 is 10.0 Å². The first-order valence-electron chi connectivity index (χ1n) is 5.81. The molecule has 1 aliphatic rings. The molecule has 2 nitrogen and oxygen atoms in total. The second-order valence-corrected chi connectivity index (χ2v) is 4.30. The van der Waals surface area contributed by atoms with Crippen LogP contribution in [0.25, 0.3) is 0 Å². The van der Waals surface area contributed by atoms with E-state index in [0.717, 1.165) is 25.4 Å². The molecule has 2 rings (SSSR count). The molecular formula is C13H19NO. The summed E-state index contributed by atoms with van der Waals surface area (Å²) in [5.74, 6) is 0.892. The number of aliphatic hydroxyl groups is 1. The summed E-state index contributed by atoms with van der Waals surface area (Å²) >= 11 is 0. The summed E-state index contributed by atoms with van der Waals surface area (Å²) in [6.07, 6.45) is 3.62. The van der Waals surface area contributed by atoms with Crippen LogP contribution in [0.1, 0.15) is 19.3 Å². The van der Waals surface area contributed by atoms with Crippen LogP contribution in [0, 0.1) is 5.92 Å². The lowest BCUT2D eigenvalue weighted by Gasteiger charge is -2.24. The Kier molecular flexibility index (Phi) is 3.62. The molecule has 1 N–H and O–H groups in total. The molecule has 0 heterocycles. The zero-order chi connectivity index (χ0) is 10.5. The fourth-order valence-electron chi connectivity index (χ4n) is 1.84. The van der Waals surface area contributed by atoms with Crippen molar-refractivity contribution in [1.29, 1.82) is 0 Å². The highest BCUT2D eigenvalue weighted by molar-refractivity contribution is 5.46. The Morgan fingerprint density at radius 2 is 1.93 bits per heavy atom. The Morgan fingerprint density at radius 3 is 2.53 bits per heavy atom. The van der Waals surface area contributed by atoms with Gasteiger partial charge in [-0.15, -0.1) is 0 Å². The summed E-state index contributed by atoms with van der Waals surface area (Å²) in [6.45, 7) is 2.41. The molecule has 0 atom stereocenters. The van der Waals surface area contributed by atoms with E-state index >= 15 is 0 Å². The van der Waals surface area contributed by atoms with Gasteiger partial charge in [-0.2, -0.15) is 0 Å². The fraction of sp³-hybridized carbons (Fsp3) is 0.538. The number of hydrogen-bond donors (Lipinski definition) is 1. The van der Waals surface area contributed by atoms with Gasteiger partial charge in [0, 0.05) is 25.4 Å². The standard InChI is InChI=1S/C13H19NO/c15-10-4-9-14(11-12-7-8-12)13-5-2-1-3-6-13/h1-3,5-6,12,15H,4,7-11H2. The number of benzene rings is 1. The lowest BCUT2D eigenvalue weighted by Crippen LogP contribution is -2.27. The number of aliphatic hydroxyl groups excluding tert-OH is 1. The van der Waals surface area contributed by atoms with Crippen LogP contribution in [0.5, 0.6) is 0 Å². The maximum atomic E-state index is 8.89.